The third-order valence-electron chi connectivity index (χ3n) is 2.89. The van der Waals surface area contributed by atoms with E-state index in [2.05, 4.69) is 25.7 Å². The first-order valence-electron chi connectivity index (χ1n) is 5.52. The van der Waals surface area contributed by atoms with Gasteiger partial charge in [0.15, 0.2) is 0 Å². The van der Waals surface area contributed by atoms with Crippen LogP contribution in [0.4, 0.5) is 0 Å². The maximum Gasteiger partial charge on any atom is 0.0100 e. The highest BCUT2D eigenvalue weighted by Crippen LogP contribution is 2.31. The molecule has 0 aromatic carbocycles. The topological polar surface area (TPSA) is 3.24 Å². The summed E-state index contributed by atoms with van der Waals surface area (Å²) in [5.41, 5.74) is 0. The first-order chi connectivity index (χ1) is 5.77. The summed E-state index contributed by atoms with van der Waals surface area (Å²) in [4.78, 5) is 2.68. The molecule has 0 aliphatic heterocycles. The summed E-state index contributed by atoms with van der Waals surface area (Å²) in [7, 11) is 0. The van der Waals surface area contributed by atoms with E-state index >= 15 is 0 Å². The Morgan fingerprint density at radius 3 is 1.92 bits per heavy atom. The maximum absolute atomic E-state index is 2.68. The molecule has 0 amide bonds. The molecule has 0 spiro atoms. The molecule has 1 nitrogen and oxygen atoms in total. The van der Waals surface area contributed by atoms with Crippen molar-refractivity contribution in [2.24, 2.45) is 5.92 Å². The van der Waals surface area contributed by atoms with Gasteiger partial charge >= 0.3 is 0 Å². The summed E-state index contributed by atoms with van der Waals surface area (Å²) in [5.74, 6) is 0.992. The molecule has 0 saturated heterocycles. The van der Waals surface area contributed by atoms with Crippen molar-refractivity contribution in [3.63, 3.8) is 0 Å². The van der Waals surface area contributed by atoms with Gasteiger partial charge in [0.25, 0.3) is 0 Å². The lowest BCUT2D eigenvalue weighted by Crippen LogP contribution is -2.44. The highest BCUT2D eigenvalue weighted by atomic mass is 15.2. The number of nitrogens with zero attached hydrogens (tertiary/aromatic N) is 1. The van der Waals surface area contributed by atoms with Crippen LogP contribution in [0.1, 0.15) is 46.5 Å². The Labute approximate surface area is 77.1 Å². The van der Waals surface area contributed by atoms with Gasteiger partial charge in [-0.1, -0.05) is 20.8 Å². The van der Waals surface area contributed by atoms with E-state index in [-0.39, 0.29) is 0 Å². The second-order valence-electron chi connectivity index (χ2n) is 4.27. The van der Waals surface area contributed by atoms with Crippen LogP contribution >= 0.6 is 0 Å². The van der Waals surface area contributed by atoms with E-state index in [1.54, 1.807) is 0 Å². The highest BCUT2D eigenvalue weighted by molar-refractivity contribution is 4.84. The van der Waals surface area contributed by atoms with Crippen LogP contribution in [-0.4, -0.2) is 24.0 Å². The van der Waals surface area contributed by atoms with Crippen molar-refractivity contribution in [2.45, 2.75) is 52.5 Å². The molecule has 0 atom stereocenters. The molecule has 1 heteroatoms. The molecule has 0 N–H and O–H groups in total. The monoisotopic (exact) mass is 169 g/mol. The SMILES string of the molecule is CCCN(CCC)C1CC(C)C1. The average Bonchev–Trinajstić information content (AvgIpc) is 1.99. The van der Waals surface area contributed by atoms with Crippen LogP contribution in [0.25, 0.3) is 0 Å². The minimum absolute atomic E-state index is 0.930. The van der Waals surface area contributed by atoms with Gasteiger partial charge in [0.1, 0.15) is 0 Å². The molecule has 72 valence electrons. The molecule has 1 saturated carbocycles. The Kier molecular flexibility index (Phi) is 4.07. The lowest BCUT2D eigenvalue weighted by atomic mass is 9.80. The lowest BCUT2D eigenvalue weighted by Gasteiger charge is -2.41. The summed E-state index contributed by atoms with van der Waals surface area (Å²) in [6.45, 7) is 9.55. The molecule has 0 radical (unpaired) electrons. The fraction of sp³-hybridized carbons (Fsp3) is 1.00. The van der Waals surface area contributed by atoms with E-state index in [4.69, 9.17) is 0 Å². The summed E-state index contributed by atoms with van der Waals surface area (Å²) in [6, 6.07) is 0.930. The third-order valence-corrected chi connectivity index (χ3v) is 2.89. The van der Waals surface area contributed by atoms with Crippen LogP contribution in [0, 0.1) is 5.92 Å². The van der Waals surface area contributed by atoms with Gasteiger partial charge in [-0.15, -0.1) is 0 Å². The van der Waals surface area contributed by atoms with E-state index in [1.807, 2.05) is 0 Å². The van der Waals surface area contributed by atoms with E-state index < -0.39 is 0 Å². The Balaban J connectivity index is 2.22. The van der Waals surface area contributed by atoms with Gasteiger partial charge in [-0.05, 0) is 44.7 Å². The van der Waals surface area contributed by atoms with Crippen molar-refractivity contribution in [3.05, 3.63) is 0 Å². The lowest BCUT2D eigenvalue weighted by molar-refractivity contribution is 0.0861. The minimum Gasteiger partial charge on any atom is -0.300 e. The molecule has 0 bridgehead atoms. The molecule has 0 unspecified atom stereocenters. The second kappa shape index (κ2) is 4.86. The fourth-order valence-corrected chi connectivity index (χ4v) is 2.21. The van der Waals surface area contributed by atoms with Crippen molar-refractivity contribution in [2.75, 3.05) is 13.1 Å². The Bertz CT molecular complexity index is 110. The number of hydrogen-bond acceptors (Lipinski definition) is 1. The third kappa shape index (κ3) is 2.48. The second-order valence-corrected chi connectivity index (χ2v) is 4.27. The van der Waals surface area contributed by atoms with Crippen molar-refractivity contribution in [3.8, 4) is 0 Å². The normalized spacial score (nSPS) is 29.0. The van der Waals surface area contributed by atoms with Crippen molar-refractivity contribution < 1.29 is 0 Å². The van der Waals surface area contributed by atoms with Crippen LogP contribution in [0.2, 0.25) is 0 Å². The first kappa shape index (κ1) is 10.0. The van der Waals surface area contributed by atoms with Crippen molar-refractivity contribution in [1.82, 2.24) is 4.90 Å². The van der Waals surface area contributed by atoms with Gasteiger partial charge in [-0.2, -0.15) is 0 Å². The molecular formula is C11H23N. The summed E-state index contributed by atoms with van der Waals surface area (Å²) in [5, 5.41) is 0. The number of hydrogen-bond donors (Lipinski definition) is 0. The van der Waals surface area contributed by atoms with E-state index in [9.17, 15) is 0 Å². The summed E-state index contributed by atoms with van der Waals surface area (Å²) >= 11 is 0. The Hall–Kier alpha value is -0.0400. The van der Waals surface area contributed by atoms with Gasteiger partial charge in [-0.25, -0.2) is 0 Å². The van der Waals surface area contributed by atoms with Gasteiger partial charge < -0.3 is 4.90 Å². The van der Waals surface area contributed by atoms with Crippen LogP contribution in [0.5, 0.6) is 0 Å². The first-order valence-corrected chi connectivity index (χ1v) is 5.52. The van der Waals surface area contributed by atoms with Gasteiger partial charge in [0, 0.05) is 6.04 Å². The predicted molar refractivity (Wildman–Crippen MR) is 54.3 cm³/mol. The van der Waals surface area contributed by atoms with Crippen LogP contribution < -0.4 is 0 Å². The molecular weight excluding hydrogens is 146 g/mol. The molecule has 1 aliphatic rings. The van der Waals surface area contributed by atoms with E-state index in [0.29, 0.717) is 0 Å². The molecule has 0 heterocycles. The zero-order valence-corrected chi connectivity index (χ0v) is 8.84. The minimum atomic E-state index is 0.930. The quantitative estimate of drug-likeness (QED) is 0.611. The van der Waals surface area contributed by atoms with Crippen molar-refractivity contribution >= 4 is 0 Å². The molecule has 1 aliphatic carbocycles. The van der Waals surface area contributed by atoms with Gasteiger partial charge in [0.2, 0.25) is 0 Å². The molecule has 0 aromatic rings. The maximum atomic E-state index is 2.68. The molecule has 0 aromatic heterocycles. The van der Waals surface area contributed by atoms with Crippen LogP contribution in [0.3, 0.4) is 0 Å². The van der Waals surface area contributed by atoms with Gasteiger partial charge in [0.05, 0.1) is 0 Å². The molecule has 12 heavy (non-hydrogen) atoms. The molecule has 1 fully saturated rings. The van der Waals surface area contributed by atoms with Crippen molar-refractivity contribution in [1.29, 1.82) is 0 Å². The fourth-order valence-electron chi connectivity index (χ4n) is 2.21. The number of rotatable bonds is 5. The summed E-state index contributed by atoms with van der Waals surface area (Å²) in [6.07, 6.45) is 5.51. The zero-order valence-electron chi connectivity index (χ0n) is 8.84. The predicted octanol–water partition coefficient (Wildman–Crippen LogP) is 2.91. The van der Waals surface area contributed by atoms with Crippen LogP contribution in [0.15, 0.2) is 0 Å². The van der Waals surface area contributed by atoms with Crippen LogP contribution in [-0.2, 0) is 0 Å². The average molecular weight is 169 g/mol. The Morgan fingerprint density at radius 2 is 1.58 bits per heavy atom. The molecule has 1 rings (SSSR count). The largest absolute Gasteiger partial charge is 0.300 e. The Morgan fingerprint density at radius 1 is 1.08 bits per heavy atom. The van der Waals surface area contributed by atoms with E-state index in [0.717, 1.165) is 12.0 Å². The highest BCUT2D eigenvalue weighted by Gasteiger charge is 2.29. The standard InChI is InChI=1S/C11H23N/c1-4-6-12(7-5-2)11-8-10(3)9-11/h10-11H,4-9H2,1-3H3. The van der Waals surface area contributed by atoms with E-state index in [1.165, 1.54) is 38.8 Å². The summed E-state index contributed by atoms with van der Waals surface area (Å²) < 4.78 is 0. The van der Waals surface area contributed by atoms with Gasteiger partial charge in [-0.3, -0.25) is 0 Å². The smallest absolute Gasteiger partial charge is 0.0100 e. The zero-order chi connectivity index (χ0) is 8.97.